The Morgan fingerprint density at radius 1 is 0.774 bits per heavy atom. The van der Waals surface area contributed by atoms with Crippen molar-refractivity contribution in [3.05, 3.63) is 107 Å². The van der Waals surface area contributed by atoms with Gasteiger partial charge in [-0.05, 0) is 24.1 Å². The summed E-state index contributed by atoms with van der Waals surface area (Å²) in [7, 11) is 0. The lowest BCUT2D eigenvalue weighted by molar-refractivity contribution is -0.125. The Bertz CT molecular complexity index is 1010. The molecule has 0 bridgehead atoms. The second kappa shape index (κ2) is 10.9. The molecule has 0 radical (unpaired) electrons. The fourth-order valence-corrected chi connectivity index (χ4v) is 3.26. The highest BCUT2D eigenvalue weighted by molar-refractivity contribution is 6.09. The number of nitrogens with one attached hydrogen (secondary N) is 1. The van der Waals surface area contributed by atoms with E-state index in [1.165, 1.54) is 12.1 Å². The summed E-state index contributed by atoms with van der Waals surface area (Å²) in [6.07, 6.45) is 1.70. The number of ketones is 1. The number of rotatable bonds is 9. The monoisotopic (exact) mass is 415 g/mol. The first-order valence-electron chi connectivity index (χ1n) is 10.3. The molecule has 1 N–H and O–H groups in total. The molecule has 0 heterocycles. The van der Waals surface area contributed by atoms with Crippen LogP contribution in [0.1, 0.15) is 57.7 Å². The molecular formula is C26H25NO4. The summed E-state index contributed by atoms with van der Waals surface area (Å²) in [5.74, 6) is -1.09. The first kappa shape index (κ1) is 22.0. The zero-order valence-electron chi connectivity index (χ0n) is 17.4. The topological polar surface area (TPSA) is 72.5 Å². The Morgan fingerprint density at radius 3 is 1.94 bits per heavy atom. The fourth-order valence-electron chi connectivity index (χ4n) is 3.26. The van der Waals surface area contributed by atoms with Crippen molar-refractivity contribution in [3.63, 3.8) is 0 Å². The van der Waals surface area contributed by atoms with Crippen LogP contribution < -0.4 is 5.32 Å². The third-order valence-corrected chi connectivity index (χ3v) is 4.87. The molecule has 0 spiro atoms. The van der Waals surface area contributed by atoms with E-state index < -0.39 is 5.97 Å². The van der Waals surface area contributed by atoms with Gasteiger partial charge in [0.25, 0.3) is 5.91 Å². The van der Waals surface area contributed by atoms with Crippen molar-refractivity contribution in [2.24, 2.45) is 0 Å². The summed E-state index contributed by atoms with van der Waals surface area (Å²) in [6.45, 7) is 1.69. The zero-order chi connectivity index (χ0) is 22.1. The van der Waals surface area contributed by atoms with Gasteiger partial charge in [0.2, 0.25) is 0 Å². The Balaban J connectivity index is 1.55. The molecule has 31 heavy (non-hydrogen) atoms. The van der Waals surface area contributed by atoms with Gasteiger partial charge in [-0.2, -0.15) is 0 Å². The van der Waals surface area contributed by atoms with Crippen molar-refractivity contribution in [1.29, 1.82) is 0 Å². The summed E-state index contributed by atoms with van der Waals surface area (Å²) in [5.41, 5.74) is 2.36. The van der Waals surface area contributed by atoms with Crippen molar-refractivity contribution in [2.45, 2.75) is 25.8 Å². The Hall–Kier alpha value is -3.73. The standard InChI is InChI=1S/C26H25NO4/c1-2-9-23(19-10-5-3-6-11-19)27-24(28)18-31-26(30)22-16-14-21(15-17-22)25(29)20-12-7-4-8-13-20/h3-8,10-17,23H,2,9,18H2,1H3,(H,27,28). The smallest absolute Gasteiger partial charge is 0.338 e. The van der Waals surface area contributed by atoms with Crippen LogP contribution in [0, 0.1) is 0 Å². The van der Waals surface area contributed by atoms with Gasteiger partial charge in [0.15, 0.2) is 12.4 Å². The molecule has 0 aliphatic rings. The van der Waals surface area contributed by atoms with Gasteiger partial charge in [0, 0.05) is 11.1 Å². The molecule has 0 fully saturated rings. The van der Waals surface area contributed by atoms with Gasteiger partial charge in [-0.25, -0.2) is 4.79 Å². The number of carbonyl (C=O) groups excluding carboxylic acids is 3. The van der Waals surface area contributed by atoms with Crippen LogP contribution in [0.25, 0.3) is 0 Å². The molecule has 0 aliphatic heterocycles. The second-order valence-electron chi connectivity index (χ2n) is 7.17. The first-order valence-corrected chi connectivity index (χ1v) is 10.3. The van der Waals surface area contributed by atoms with Gasteiger partial charge in [0.05, 0.1) is 11.6 Å². The zero-order valence-corrected chi connectivity index (χ0v) is 17.4. The van der Waals surface area contributed by atoms with E-state index in [9.17, 15) is 14.4 Å². The van der Waals surface area contributed by atoms with E-state index in [0.29, 0.717) is 11.1 Å². The molecular weight excluding hydrogens is 390 g/mol. The van der Waals surface area contributed by atoms with E-state index in [-0.39, 0.29) is 29.9 Å². The Morgan fingerprint density at radius 2 is 1.32 bits per heavy atom. The average molecular weight is 415 g/mol. The van der Waals surface area contributed by atoms with Crippen LogP contribution in [0.2, 0.25) is 0 Å². The Labute approximate surface area is 182 Å². The summed E-state index contributed by atoms with van der Waals surface area (Å²) >= 11 is 0. The number of hydrogen-bond donors (Lipinski definition) is 1. The van der Waals surface area contributed by atoms with Gasteiger partial charge < -0.3 is 10.1 Å². The first-order chi connectivity index (χ1) is 15.1. The highest BCUT2D eigenvalue weighted by Gasteiger charge is 2.16. The molecule has 3 rings (SSSR count). The molecule has 1 atom stereocenters. The maximum absolute atomic E-state index is 12.4. The molecule has 0 aliphatic carbocycles. The van der Waals surface area contributed by atoms with Gasteiger partial charge in [-0.15, -0.1) is 0 Å². The molecule has 0 aromatic heterocycles. The number of benzene rings is 3. The van der Waals surface area contributed by atoms with Crippen molar-refractivity contribution >= 4 is 17.7 Å². The second-order valence-corrected chi connectivity index (χ2v) is 7.17. The SMILES string of the molecule is CCCC(NC(=O)COC(=O)c1ccc(C(=O)c2ccccc2)cc1)c1ccccc1. The molecule has 5 heteroatoms. The minimum atomic E-state index is -0.611. The third kappa shape index (κ3) is 6.12. The maximum Gasteiger partial charge on any atom is 0.338 e. The molecule has 5 nitrogen and oxygen atoms in total. The van der Waals surface area contributed by atoms with Gasteiger partial charge in [-0.1, -0.05) is 86.1 Å². The van der Waals surface area contributed by atoms with E-state index in [1.54, 1.807) is 36.4 Å². The third-order valence-electron chi connectivity index (χ3n) is 4.87. The normalized spacial score (nSPS) is 11.4. The molecule has 3 aromatic carbocycles. The maximum atomic E-state index is 12.4. The predicted octanol–water partition coefficient (Wildman–Crippen LogP) is 4.73. The lowest BCUT2D eigenvalue weighted by atomic mass is 10.0. The number of ether oxygens (including phenoxy) is 1. The quantitative estimate of drug-likeness (QED) is 0.405. The van der Waals surface area contributed by atoms with E-state index in [0.717, 1.165) is 18.4 Å². The summed E-state index contributed by atoms with van der Waals surface area (Å²) in [5, 5.41) is 2.92. The molecule has 0 saturated heterocycles. The van der Waals surface area contributed by atoms with E-state index in [2.05, 4.69) is 5.32 Å². The molecule has 3 aromatic rings. The van der Waals surface area contributed by atoms with Crippen LogP contribution in [-0.2, 0) is 9.53 Å². The van der Waals surface area contributed by atoms with Crippen LogP contribution >= 0.6 is 0 Å². The van der Waals surface area contributed by atoms with E-state index in [1.807, 2.05) is 43.3 Å². The average Bonchev–Trinajstić information content (AvgIpc) is 2.83. The lowest BCUT2D eigenvalue weighted by Crippen LogP contribution is -2.32. The highest BCUT2D eigenvalue weighted by atomic mass is 16.5. The molecule has 1 unspecified atom stereocenters. The van der Waals surface area contributed by atoms with Crippen molar-refractivity contribution in [3.8, 4) is 0 Å². The Kier molecular flexibility index (Phi) is 7.71. The summed E-state index contributed by atoms with van der Waals surface area (Å²) in [6, 6.07) is 24.7. The largest absolute Gasteiger partial charge is 0.452 e. The molecule has 158 valence electrons. The number of hydrogen-bond acceptors (Lipinski definition) is 4. The molecule has 1 amide bonds. The minimum absolute atomic E-state index is 0.122. The van der Waals surface area contributed by atoms with Crippen LogP contribution in [0.15, 0.2) is 84.9 Å². The molecule has 0 saturated carbocycles. The van der Waals surface area contributed by atoms with Crippen molar-refractivity contribution in [1.82, 2.24) is 5.32 Å². The van der Waals surface area contributed by atoms with Gasteiger partial charge >= 0.3 is 5.97 Å². The summed E-state index contributed by atoms with van der Waals surface area (Å²) < 4.78 is 5.15. The fraction of sp³-hybridized carbons (Fsp3) is 0.192. The lowest BCUT2D eigenvalue weighted by Gasteiger charge is -2.18. The minimum Gasteiger partial charge on any atom is -0.452 e. The van der Waals surface area contributed by atoms with Gasteiger partial charge in [-0.3, -0.25) is 9.59 Å². The highest BCUT2D eigenvalue weighted by Crippen LogP contribution is 2.18. The predicted molar refractivity (Wildman–Crippen MR) is 119 cm³/mol. The van der Waals surface area contributed by atoms with Crippen LogP contribution in [0.4, 0.5) is 0 Å². The van der Waals surface area contributed by atoms with Crippen LogP contribution in [0.3, 0.4) is 0 Å². The van der Waals surface area contributed by atoms with Crippen LogP contribution in [0.5, 0.6) is 0 Å². The number of carbonyl (C=O) groups is 3. The van der Waals surface area contributed by atoms with Crippen LogP contribution in [-0.4, -0.2) is 24.3 Å². The van der Waals surface area contributed by atoms with Crippen molar-refractivity contribution < 1.29 is 19.1 Å². The van der Waals surface area contributed by atoms with E-state index in [4.69, 9.17) is 4.74 Å². The van der Waals surface area contributed by atoms with E-state index >= 15 is 0 Å². The van der Waals surface area contributed by atoms with Crippen molar-refractivity contribution in [2.75, 3.05) is 6.61 Å². The number of esters is 1. The number of amides is 1. The van der Waals surface area contributed by atoms with Gasteiger partial charge in [0.1, 0.15) is 0 Å². The summed E-state index contributed by atoms with van der Waals surface area (Å²) in [4.78, 5) is 37.0.